The summed E-state index contributed by atoms with van der Waals surface area (Å²) < 4.78 is 50.1. The van der Waals surface area contributed by atoms with E-state index in [1.54, 1.807) is 31.4 Å². The van der Waals surface area contributed by atoms with Crippen LogP contribution in [-0.2, 0) is 16.6 Å². The zero-order valence-electron chi connectivity index (χ0n) is 15.0. The summed E-state index contributed by atoms with van der Waals surface area (Å²) in [5.41, 5.74) is 1.01. The molecule has 0 saturated carbocycles. The van der Waals surface area contributed by atoms with Crippen molar-refractivity contribution in [2.24, 2.45) is 0 Å². The number of benzene rings is 2. The molecule has 0 amide bonds. The smallest absolute Gasteiger partial charge is 0.243 e. The fourth-order valence-electron chi connectivity index (χ4n) is 2.54. The highest BCUT2D eigenvalue weighted by Gasteiger charge is 2.25. The molecule has 0 N–H and O–H groups in total. The number of aromatic nitrogens is 2. The topological polar surface area (TPSA) is 85.5 Å². The standard InChI is InChI=1S/C18H18FN3O4S/c1-12-9-14(19)7-8-16(12)27(23,24)22(2)11-17-20-18(21-26-17)13-5-4-6-15(10-13)25-3/h4-10H,11H2,1-3H3. The number of hydrogen-bond acceptors (Lipinski definition) is 6. The van der Waals surface area contributed by atoms with Crippen molar-refractivity contribution >= 4 is 10.0 Å². The zero-order valence-corrected chi connectivity index (χ0v) is 15.8. The van der Waals surface area contributed by atoms with Gasteiger partial charge in [0.05, 0.1) is 18.6 Å². The van der Waals surface area contributed by atoms with Gasteiger partial charge in [0, 0.05) is 12.6 Å². The average molecular weight is 391 g/mol. The lowest BCUT2D eigenvalue weighted by molar-refractivity contribution is 0.336. The number of aryl methyl sites for hydroxylation is 1. The van der Waals surface area contributed by atoms with E-state index in [0.29, 0.717) is 22.7 Å². The summed E-state index contributed by atoms with van der Waals surface area (Å²) in [6.45, 7) is 1.42. The molecule has 0 radical (unpaired) electrons. The Morgan fingerprint density at radius 1 is 1.22 bits per heavy atom. The maximum absolute atomic E-state index is 13.3. The van der Waals surface area contributed by atoms with Crippen molar-refractivity contribution in [2.75, 3.05) is 14.2 Å². The minimum atomic E-state index is -3.83. The molecule has 1 heterocycles. The lowest BCUT2D eigenvalue weighted by Gasteiger charge is -2.16. The number of nitrogens with zero attached hydrogens (tertiary/aromatic N) is 3. The van der Waals surface area contributed by atoms with Gasteiger partial charge in [-0.25, -0.2) is 12.8 Å². The molecule has 0 spiro atoms. The SMILES string of the molecule is COc1cccc(-c2noc(CN(C)S(=O)(=O)c3ccc(F)cc3C)n2)c1. The molecule has 142 valence electrons. The number of methoxy groups -OCH3 is 1. The Kier molecular flexibility index (Phi) is 5.24. The van der Waals surface area contributed by atoms with Crippen molar-refractivity contribution in [3.63, 3.8) is 0 Å². The minimum Gasteiger partial charge on any atom is -0.497 e. The van der Waals surface area contributed by atoms with Gasteiger partial charge in [-0.2, -0.15) is 9.29 Å². The van der Waals surface area contributed by atoms with E-state index in [2.05, 4.69) is 10.1 Å². The van der Waals surface area contributed by atoms with E-state index in [0.717, 1.165) is 10.4 Å². The van der Waals surface area contributed by atoms with Gasteiger partial charge in [-0.15, -0.1) is 0 Å². The predicted octanol–water partition coefficient (Wildman–Crippen LogP) is 3.01. The lowest BCUT2D eigenvalue weighted by atomic mass is 10.2. The van der Waals surface area contributed by atoms with Gasteiger partial charge < -0.3 is 9.26 Å². The summed E-state index contributed by atoms with van der Waals surface area (Å²) in [5, 5.41) is 3.89. The highest BCUT2D eigenvalue weighted by atomic mass is 32.2. The summed E-state index contributed by atoms with van der Waals surface area (Å²) in [6, 6.07) is 10.6. The monoisotopic (exact) mass is 391 g/mol. The van der Waals surface area contributed by atoms with Gasteiger partial charge in [-0.05, 0) is 42.8 Å². The van der Waals surface area contributed by atoms with Gasteiger partial charge in [0.15, 0.2) is 0 Å². The van der Waals surface area contributed by atoms with E-state index in [1.165, 1.54) is 26.1 Å². The normalized spacial score (nSPS) is 11.7. The van der Waals surface area contributed by atoms with Crippen LogP contribution < -0.4 is 4.74 Å². The van der Waals surface area contributed by atoms with Gasteiger partial charge >= 0.3 is 0 Å². The van der Waals surface area contributed by atoms with Gasteiger partial charge in [-0.3, -0.25) is 0 Å². The Hall–Kier alpha value is -2.78. The molecular weight excluding hydrogens is 373 g/mol. The second kappa shape index (κ2) is 7.45. The Morgan fingerprint density at radius 2 is 2.00 bits per heavy atom. The molecule has 0 aliphatic heterocycles. The highest BCUT2D eigenvalue weighted by molar-refractivity contribution is 7.89. The summed E-state index contributed by atoms with van der Waals surface area (Å²) >= 11 is 0. The lowest BCUT2D eigenvalue weighted by Crippen LogP contribution is -2.27. The summed E-state index contributed by atoms with van der Waals surface area (Å²) in [6.07, 6.45) is 0. The Balaban J connectivity index is 1.82. The first kappa shape index (κ1) is 19.0. The van der Waals surface area contributed by atoms with Crippen LogP contribution in [0.25, 0.3) is 11.4 Å². The molecule has 0 fully saturated rings. The molecule has 9 heteroatoms. The second-order valence-corrected chi connectivity index (χ2v) is 7.93. The van der Waals surface area contributed by atoms with Crippen LogP contribution in [0.1, 0.15) is 11.5 Å². The summed E-state index contributed by atoms with van der Waals surface area (Å²) in [5.74, 6) is 0.616. The molecule has 0 aliphatic rings. The van der Waals surface area contributed by atoms with E-state index in [1.807, 2.05) is 0 Å². The first-order valence-corrected chi connectivity index (χ1v) is 9.45. The fraction of sp³-hybridized carbons (Fsp3) is 0.222. The van der Waals surface area contributed by atoms with Crippen LogP contribution in [0.3, 0.4) is 0 Å². The third kappa shape index (κ3) is 3.99. The third-order valence-electron chi connectivity index (χ3n) is 3.98. The number of rotatable bonds is 6. The molecule has 0 bridgehead atoms. The van der Waals surface area contributed by atoms with Crippen molar-refractivity contribution in [1.82, 2.24) is 14.4 Å². The van der Waals surface area contributed by atoms with Crippen molar-refractivity contribution in [3.05, 3.63) is 59.7 Å². The van der Waals surface area contributed by atoms with Crippen molar-refractivity contribution in [3.8, 4) is 17.1 Å². The third-order valence-corrected chi connectivity index (χ3v) is 5.94. The molecule has 0 aliphatic carbocycles. The largest absolute Gasteiger partial charge is 0.497 e. The van der Waals surface area contributed by atoms with Crippen LogP contribution in [0.4, 0.5) is 4.39 Å². The van der Waals surface area contributed by atoms with Crippen LogP contribution in [0.2, 0.25) is 0 Å². The first-order valence-electron chi connectivity index (χ1n) is 8.01. The first-order chi connectivity index (χ1) is 12.8. The zero-order chi connectivity index (χ0) is 19.6. The van der Waals surface area contributed by atoms with Gasteiger partial charge in [0.2, 0.25) is 21.7 Å². The number of halogens is 1. The predicted molar refractivity (Wildman–Crippen MR) is 96.1 cm³/mol. The fourth-order valence-corrected chi connectivity index (χ4v) is 3.87. The maximum Gasteiger partial charge on any atom is 0.243 e. The van der Waals surface area contributed by atoms with Crippen molar-refractivity contribution < 1.29 is 22.1 Å². The molecule has 7 nitrogen and oxygen atoms in total. The molecule has 0 saturated heterocycles. The van der Waals surface area contributed by atoms with Crippen LogP contribution in [-0.4, -0.2) is 37.0 Å². The van der Waals surface area contributed by atoms with Crippen LogP contribution in [0.15, 0.2) is 51.9 Å². The van der Waals surface area contributed by atoms with Gasteiger partial charge in [0.25, 0.3) is 0 Å². The molecule has 0 unspecified atom stereocenters. The average Bonchev–Trinajstić information content (AvgIpc) is 3.10. The van der Waals surface area contributed by atoms with Gasteiger partial charge in [-0.1, -0.05) is 17.3 Å². The Labute approximate surface area is 156 Å². The number of hydrogen-bond donors (Lipinski definition) is 0. The molecular formula is C18H18FN3O4S. The molecule has 1 aromatic heterocycles. The van der Waals surface area contributed by atoms with E-state index in [-0.39, 0.29) is 17.3 Å². The van der Waals surface area contributed by atoms with Crippen LogP contribution in [0.5, 0.6) is 5.75 Å². The number of sulfonamides is 1. The van der Waals surface area contributed by atoms with E-state index < -0.39 is 15.8 Å². The second-order valence-electron chi connectivity index (χ2n) is 5.91. The van der Waals surface area contributed by atoms with E-state index in [9.17, 15) is 12.8 Å². The Bertz CT molecular complexity index is 1070. The molecule has 3 rings (SSSR count). The van der Waals surface area contributed by atoms with Crippen LogP contribution in [0, 0.1) is 12.7 Å². The quantitative estimate of drug-likeness (QED) is 0.642. The number of ether oxygens (including phenoxy) is 1. The van der Waals surface area contributed by atoms with E-state index >= 15 is 0 Å². The summed E-state index contributed by atoms with van der Waals surface area (Å²) in [4.78, 5) is 4.27. The maximum atomic E-state index is 13.3. The van der Waals surface area contributed by atoms with Crippen LogP contribution >= 0.6 is 0 Å². The Morgan fingerprint density at radius 3 is 2.70 bits per heavy atom. The molecule has 3 aromatic rings. The molecule has 2 aromatic carbocycles. The highest BCUT2D eigenvalue weighted by Crippen LogP contribution is 2.23. The minimum absolute atomic E-state index is 0.0268. The molecule has 27 heavy (non-hydrogen) atoms. The summed E-state index contributed by atoms with van der Waals surface area (Å²) in [7, 11) is -0.882. The molecule has 0 atom stereocenters. The van der Waals surface area contributed by atoms with Gasteiger partial charge in [0.1, 0.15) is 11.6 Å². The van der Waals surface area contributed by atoms with E-state index in [4.69, 9.17) is 9.26 Å². The van der Waals surface area contributed by atoms with Crippen molar-refractivity contribution in [2.45, 2.75) is 18.4 Å². The van der Waals surface area contributed by atoms with Crippen molar-refractivity contribution in [1.29, 1.82) is 0 Å².